The van der Waals surface area contributed by atoms with Gasteiger partial charge in [0.1, 0.15) is 12.0 Å². The molecule has 0 bridgehead atoms. The molecule has 1 aromatic carbocycles. The minimum absolute atomic E-state index is 0.281. The van der Waals surface area contributed by atoms with Gasteiger partial charge >= 0.3 is 0 Å². The van der Waals surface area contributed by atoms with Crippen molar-refractivity contribution in [3.8, 4) is 5.75 Å². The maximum Gasteiger partial charge on any atom is 0.131 e. The van der Waals surface area contributed by atoms with E-state index < -0.39 is 6.23 Å². The van der Waals surface area contributed by atoms with Gasteiger partial charge in [0.2, 0.25) is 0 Å². The molecule has 4 nitrogen and oxygen atoms in total. The first-order valence-corrected chi connectivity index (χ1v) is 8.02. The highest BCUT2D eigenvalue weighted by molar-refractivity contribution is 5.87. The van der Waals surface area contributed by atoms with Crippen LogP contribution in [-0.2, 0) is 6.42 Å². The fraction of sp³-hybridized carbons (Fsp3) is 0.529. The van der Waals surface area contributed by atoms with E-state index in [9.17, 15) is 10.2 Å². The van der Waals surface area contributed by atoms with Crippen LogP contribution in [0.2, 0.25) is 0 Å². The Labute approximate surface area is 123 Å². The van der Waals surface area contributed by atoms with Crippen molar-refractivity contribution in [3.63, 3.8) is 0 Å². The minimum atomic E-state index is -0.447. The average molecular weight is 284 g/mol. The largest absolute Gasteiger partial charge is 0.508 e. The Balaban J connectivity index is 1.85. The van der Waals surface area contributed by atoms with Crippen LogP contribution in [0.4, 0.5) is 0 Å². The number of aliphatic hydroxyl groups is 1. The van der Waals surface area contributed by atoms with E-state index in [1.165, 1.54) is 36.0 Å². The van der Waals surface area contributed by atoms with Crippen LogP contribution < -0.4 is 0 Å². The van der Waals surface area contributed by atoms with Gasteiger partial charge in [-0.3, -0.25) is 4.90 Å². The zero-order valence-corrected chi connectivity index (χ0v) is 12.0. The highest BCUT2D eigenvalue weighted by atomic mass is 16.3. The molecular weight excluding hydrogens is 264 g/mol. The Hall–Kier alpha value is -1.52. The van der Waals surface area contributed by atoms with Gasteiger partial charge in [0, 0.05) is 23.7 Å². The van der Waals surface area contributed by atoms with Gasteiger partial charge in [0.15, 0.2) is 0 Å². The second-order valence-corrected chi connectivity index (χ2v) is 6.78. The molecule has 1 saturated heterocycles. The fourth-order valence-corrected chi connectivity index (χ4v) is 4.97. The smallest absolute Gasteiger partial charge is 0.131 e. The maximum absolute atomic E-state index is 10.7. The van der Waals surface area contributed by atoms with E-state index in [-0.39, 0.29) is 5.75 Å². The standard InChI is InChI=1S/C17H20N2O2/c20-11-3-4-12-13-5-7-18-6-1-2-10-8-15(21)19(14(12)9-11)17(13)16(10)18/h3-4,9-10,15-16,20-21H,1-2,5-8H2/t10-,15?,16-/m1/s1. The third kappa shape index (κ3) is 1.47. The van der Waals surface area contributed by atoms with Crippen molar-refractivity contribution >= 4 is 10.9 Å². The van der Waals surface area contributed by atoms with Crippen LogP contribution >= 0.6 is 0 Å². The molecule has 3 atom stereocenters. The Morgan fingerprint density at radius 3 is 3.00 bits per heavy atom. The van der Waals surface area contributed by atoms with Crippen molar-refractivity contribution in [3.05, 3.63) is 29.5 Å². The summed E-state index contributed by atoms with van der Waals surface area (Å²) in [6.07, 6.45) is 3.93. The van der Waals surface area contributed by atoms with Crippen molar-refractivity contribution < 1.29 is 10.2 Å². The van der Waals surface area contributed by atoms with Gasteiger partial charge in [0.25, 0.3) is 0 Å². The van der Waals surface area contributed by atoms with E-state index in [2.05, 4.69) is 9.47 Å². The average Bonchev–Trinajstić information content (AvgIpc) is 2.81. The number of aromatic nitrogens is 1. The maximum atomic E-state index is 10.7. The van der Waals surface area contributed by atoms with Crippen molar-refractivity contribution in [1.82, 2.24) is 9.47 Å². The second kappa shape index (κ2) is 4.02. The van der Waals surface area contributed by atoms with Crippen LogP contribution in [0.1, 0.15) is 42.8 Å². The first-order chi connectivity index (χ1) is 10.2. The number of aromatic hydroxyl groups is 1. The first-order valence-electron chi connectivity index (χ1n) is 8.02. The molecule has 1 aromatic heterocycles. The zero-order valence-electron chi connectivity index (χ0n) is 12.0. The van der Waals surface area contributed by atoms with Crippen LogP contribution in [0.15, 0.2) is 18.2 Å². The number of fused-ring (bicyclic) bond motifs is 3. The molecule has 1 fully saturated rings. The summed E-state index contributed by atoms with van der Waals surface area (Å²) in [5.74, 6) is 0.863. The Kier molecular flexibility index (Phi) is 2.31. The summed E-state index contributed by atoms with van der Waals surface area (Å²) in [4.78, 5) is 2.61. The molecule has 5 rings (SSSR count). The van der Waals surface area contributed by atoms with Crippen LogP contribution in [0.3, 0.4) is 0 Å². The monoisotopic (exact) mass is 284 g/mol. The van der Waals surface area contributed by atoms with Gasteiger partial charge in [-0.2, -0.15) is 0 Å². The molecule has 0 aliphatic carbocycles. The Bertz CT molecular complexity index is 736. The minimum Gasteiger partial charge on any atom is -0.508 e. The highest BCUT2D eigenvalue weighted by Gasteiger charge is 2.44. The predicted molar refractivity (Wildman–Crippen MR) is 80.2 cm³/mol. The van der Waals surface area contributed by atoms with Gasteiger partial charge in [-0.05, 0) is 55.8 Å². The lowest BCUT2D eigenvalue weighted by atomic mass is 9.78. The first kappa shape index (κ1) is 12.1. The van der Waals surface area contributed by atoms with Crippen LogP contribution in [0.5, 0.6) is 5.75 Å². The van der Waals surface area contributed by atoms with Gasteiger partial charge in [-0.25, -0.2) is 0 Å². The predicted octanol–water partition coefficient (Wildman–Crippen LogP) is 2.55. The number of piperidine rings is 1. The molecule has 21 heavy (non-hydrogen) atoms. The van der Waals surface area contributed by atoms with E-state index in [1.54, 1.807) is 6.07 Å². The van der Waals surface area contributed by atoms with E-state index in [0.717, 1.165) is 24.9 Å². The second-order valence-electron chi connectivity index (χ2n) is 6.78. The number of hydrogen-bond acceptors (Lipinski definition) is 3. The van der Waals surface area contributed by atoms with E-state index in [0.29, 0.717) is 12.0 Å². The molecule has 2 aromatic rings. The number of rotatable bonds is 0. The van der Waals surface area contributed by atoms with Crippen molar-refractivity contribution in [1.29, 1.82) is 0 Å². The van der Waals surface area contributed by atoms with E-state index in [4.69, 9.17) is 0 Å². The van der Waals surface area contributed by atoms with Crippen LogP contribution in [0, 0.1) is 5.92 Å². The van der Waals surface area contributed by atoms with Crippen molar-refractivity contribution in [2.45, 2.75) is 38.0 Å². The number of nitrogens with zero attached hydrogens (tertiary/aromatic N) is 2. The SMILES string of the molecule is Oc1ccc2c3c4n(c2c1)C(O)C[C@H]1CCCN(CC3)[C@@H]41. The van der Waals surface area contributed by atoms with Gasteiger partial charge in [-0.15, -0.1) is 0 Å². The Morgan fingerprint density at radius 2 is 2.10 bits per heavy atom. The van der Waals surface area contributed by atoms with Crippen molar-refractivity contribution in [2.75, 3.05) is 13.1 Å². The number of aliphatic hydroxyl groups excluding tert-OH is 1. The lowest BCUT2D eigenvalue weighted by Gasteiger charge is -2.48. The highest BCUT2D eigenvalue weighted by Crippen LogP contribution is 2.51. The third-order valence-corrected chi connectivity index (χ3v) is 5.74. The Morgan fingerprint density at radius 1 is 1.19 bits per heavy atom. The van der Waals surface area contributed by atoms with Gasteiger partial charge in [-0.1, -0.05) is 0 Å². The summed E-state index contributed by atoms with van der Waals surface area (Å²) in [6, 6.07) is 6.07. The fourth-order valence-electron chi connectivity index (χ4n) is 4.97. The molecule has 3 aliphatic rings. The van der Waals surface area contributed by atoms with E-state index >= 15 is 0 Å². The third-order valence-electron chi connectivity index (χ3n) is 5.74. The van der Waals surface area contributed by atoms with Gasteiger partial charge < -0.3 is 14.8 Å². The normalized spacial score (nSPS) is 31.4. The summed E-state index contributed by atoms with van der Waals surface area (Å²) >= 11 is 0. The summed E-state index contributed by atoms with van der Waals surface area (Å²) < 4.78 is 2.10. The molecule has 0 amide bonds. The summed E-state index contributed by atoms with van der Waals surface area (Å²) in [5.41, 5.74) is 3.72. The van der Waals surface area contributed by atoms with Crippen LogP contribution in [-0.4, -0.2) is 32.8 Å². The number of hydrogen-bond donors (Lipinski definition) is 2. The summed E-state index contributed by atoms with van der Waals surface area (Å²) in [7, 11) is 0. The molecule has 3 aliphatic heterocycles. The molecule has 0 spiro atoms. The summed E-state index contributed by atoms with van der Waals surface area (Å²) in [5, 5.41) is 21.7. The lowest BCUT2D eigenvalue weighted by Crippen LogP contribution is -2.47. The molecule has 4 heterocycles. The zero-order chi connectivity index (χ0) is 14.1. The molecule has 1 unspecified atom stereocenters. The number of phenols is 1. The van der Waals surface area contributed by atoms with Gasteiger partial charge in [0.05, 0.1) is 11.6 Å². The number of phenolic OH excluding ortho intramolecular Hbond substituents is 1. The molecule has 2 N–H and O–H groups in total. The van der Waals surface area contributed by atoms with E-state index in [1.807, 2.05) is 12.1 Å². The van der Waals surface area contributed by atoms with Crippen molar-refractivity contribution in [2.24, 2.45) is 5.92 Å². The molecule has 110 valence electrons. The molecule has 4 heteroatoms. The lowest BCUT2D eigenvalue weighted by molar-refractivity contribution is -0.0148. The molecule has 0 radical (unpaired) electrons. The topological polar surface area (TPSA) is 48.6 Å². The van der Waals surface area contributed by atoms with Crippen LogP contribution in [0.25, 0.3) is 10.9 Å². The molecule has 0 saturated carbocycles. The summed E-state index contributed by atoms with van der Waals surface area (Å²) in [6.45, 7) is 2.31. The molecular formula is C17H20N2O2. The quantitative estimate of drug-likeness (QED) is 0.781. The number of benzene rings is 1.